The van der Waals surface area contributed by atoms with Gasteiger partial charge in [-0.05, 0) is 72.4 Å². The Morgan fingerprint density at radius 3 is 2.52 bits per heavy atom. The number of hydrogen-bond acceptors (Lipinski definition) is 4. The molecule has 220 valence electrons. The molecule has 0 bridgehead atoms. The summed E-state index contributed by atoms with van der Waals surface area (Å²) in [6.07, 6.45) is 8.16. The van der Waals surface area contributed by atoms with Gasteiger partial charge in [0.1, 0.15) is 11.3 Å². The van der Waals surface area contributed by atoms with Crippen molar-refractivity contribution < 1.29 is 18.4 Å². The zero-order valence-corrected chi connectivity index (χ0v) is 25.3. The molecule has 1 heterocycles. The van der Waals surface area contributed by atoms with Crippen LogP contribution < -0.4 is 10.1 Å². The molecule has 0 aliphatic heterocycles. The van der Waals surface area contributed by atoms with E-state index >= 15 is 0 Å². The molecule has 0 saturated heterocycles. The number of nitrogens with one attached hydrogen (secondary N) is 1. The molecule has 0 fully saturated rings. The maximum Gasteiger partial charge on any atom is 0.275 e. The number of ether oxygens (including phenoxy) is 1. The normalized spacial score (nSPS) is 11.4. The number of carbonyl (C=O) groups is 1. The number of aromatic nitrogens is 1. The molecule has 0 atom stereocenters. The summed E-state index contributed by atoms with van der Waals surface area (Å²) in [6.45, 7) is 12.7. The van der Waals surface area contributed by atoms with Crippen molar-refractivity contribution in [3.05, 3.63) is 97.1 Å². The molecule has 4 rings (SSSR count). The van der Waals surface area contributed by atoms with Gasteiger partial charge in [0.05, 0.1) is 27.2 Å². The van der Waals surface area contributed by atoms with Crippen LogP contribution in [0, 0.1) is 0 Å². The summed E-state index contributed by atoms with van der Waals surface area (Å²) in [6, 6.07) is 20.5. The van der Waals surface area contributed by atoms with Crippen LogP contribution in [0.5, 0.6) is 5.75 Å². The topological polar surface area (TPSA) is 64.4 Å². The Morgan fingerprint density at radius 1 is 1.00 bits per heavy atom. The van der Waals surface area contributed by atoms with Crippen LogP contribution in [0.4, 0.5) is 0 Å². The lowest BCUT2D eigenvalue weighted by Crippen LogP contribution is -2.48. The van der Waals surface area contributed by atoms with Crippen LogP contribution in [0.15, 0.2) is 90.4 Å². The number of oxazole rings is 1. The number of unbranched alkanes of at least 4 members (excludes halogenated alkanes) is 1. The van der Waals surface area contributed by atoms with Gasteiger partial charge in [0.2, 0.25) is 5.89 Å². The van der Waals surface area contributed by atoms with E-state index in [2.05, 4.69) is 63.8 Å². The van der Waals surface area contributed by atoms with E-state index in [-0.39, 0.29) is 5.91 Å². The largest absolute Gasteiger partial charge is 0.493 e. The molecular weight excluding hydrogens is 522 g/mol. The van der Waals surface area contributed by atoms with E-state index in [0.717, 1.165) is 83.4 Å². The molecule has 6 nitrogen and oxygen atoms in total. The average Bonchev–Trinajstić information content (AvgIpc) is 3.40. The maximum absolute atomic E-state index is 12.3. The Kier molecular flexibility index (Phi) is 10.7. The lowest BCUT2D eigenvalue weighted by atomic mass is 9.97. The molecule has 1 amide bonds. The number of fused-ring (bicyclic) bond motifs is 1. The minimum Gasteiger partial charge on any atom is -0.493 e. The molecule has 3 aromatic carbocycles. The van der Waals surface area contributed by atoms with Crippen molar-refractivity contribution in [2.75, 3.05) is 40.3 Å². The zero-order chi connectivity index (χ0) is 30.0. The highest BCUT2D eigenvalue weighted by Crippen LogP contribution is 2.36. The van der Waals surface area contributed by atoms with Crippen molar-refractivity contribution in [1.29, 1.82) is 0 Å². The van der Waals surface area contributed by atoms with Gasteiger partial charge >= 0.3 is 0 Å². The summed E-state index contributed by atoms with van der Waals surface area (Å²) in [5.74, 6) is 1.56. The second kappa shape index (κ2) is 14.6. The average molecular weight is 567 g/mol. The highest BCUT2D eigenvalue weighted by atomic mass is 16.5. The highest BCUT2D eigenvalue weighted by Gasteiger charge is 2.20. The number of amides is 1. The first kappa shape index (κ1) is 30.8. The molecule has 0 radical (unpaired) electrons. The number of hydrogen-bond donors (Lipinski definition) is 1. The zero-order valence-electron chi connectivity index (χ0n) is 25.3. The monoisotopic (exact) mass is 566 g/mol. The van der Waals surface area contributed by atoms with Gasteiger partial charge in [0.25, 0.3) is 5.91 Å². The van der Waals surface area contributed by atoms with Crippen molar-refractivity contribution in [2.45, 2.75) is 39.0 Å². The standard InChI is InChI=1S/C36H43N3O3/c1-6-9-20-37-34(40)26-39(4,5)21-13-22-41-33-19-18-29(25-30(33)15-8-3)31-23-27(14-7-2)24-32-35(31)42-36(38-32)28-16-11-10-12-17-28/h7-8,10-12,16-19,23-25H,2-3,6,9,13-15,20-22,26H2,1,4-5H3/p+1. The molecule has 0 spiro atoms. The van der Waals surface area contributed by atoms with Crippen LogP contribution >= 0.6 is 0 Å². The summed E-state index contributed by atoms with van der Waals surface area (Å²) in [5, 5.41) is 3.02. The number of carbonyl (C=O) groups excluding carboxylic acids is 1. The molecule has 42 heavy (non-hydrogen) atoms. The number of rotatable bonds is 16. The van der Waals surface area contributed by atoms with E-state index in [1.807, 2.05) is 48.6 Å². The summed E-state index contributed by atoms with van der Waals surface area (Å²) in [5.41, 5.74) is 6.76. The Bertz CT molecular complexity index is 1500. The third-order valence-electron chi connectivity index (χ3n) is 7.28. The van der Waals surface area contributed by atoms with Gasteiger partial charge in [-0.25, -0.2) is 4.98 Å². The highest BCUT2D eigenvalue weighted by molar-refractivity contribution is 5.92. The first-order chi connectivity index (χ1) is 20.3. The van der Waals surface area contributed by atoms with E-state index in [9.17, 15) is 4.79 Å². The number of allylic oxidation sites excluding steroid dienone is 2. The van der Waals surface area contributed by atoms with Gasteiger partial charge in [0.15, 0.2) is 12.1 Å². The molecule has 6 heteroatoms. The molecule has 4 aromatic rings. The molecule has 0 saturated carbocycles. The third-order valence-corrected chi connectivity index (χ3v) is 7.28. The van der Waals surface area contributed by atoms with E-state index in [1.54, 1.807) is 0 Å². The predicted molar refractivity (Wildman–Crippen MR) is 173 cm³/mol. The van der Waals surface area contributed by atoms with E-state index < -0.39 is 0 Å². The first-order valence-corrected chi connectivity index (χ1v) is 14.9. The summed E-state index contributed by atoms with van der Waals surface area (Å²) < 4.78 is 13.2. The fourth-order valence-corrected chi connectivity index (χ4v) is 5.10. The molecule has 0 unspecified atom stereocenters. The molecule has 1 N–H and O–H groups in total. The van der Waals surface area contributed by atoms with Crippen molar-refractivity contribution >= 4 is 17.0 Å². The number of likely N-dealkylation sites (N-methyl/N-ethyl adjacent to an activating group) is 1. The SMILES string of the molecule is C=CCc1cc(-c2ccc(OCCC[N+](C)(C)CC(=O)NCCCC)c(CC=C)c2)c2oc(-c3ccccc3)nc2c1. The number of quaternary nitrogens is 1. The second-order valence-corrected chi connectivity index (χ2v) is 11.4. The second-order valence-electron chi connectivity index (χ2n) is 11.4. The fraction of sp³-hybridized carbons (Fsp3) is 0.333. The fourth-order valence-electron chi connectivity index (χ4n) is 5.10. The van der Waals surface area contributed by atoms with Crippen molar-refractivity contribution in [3.8, 4) is 28.3 Å². The molecule has 0 aliphatic rings. The van der Waals surface area contributed by atoms with E-state index in [0.29, 0.717) is 29.9 Å². The van der Waals surface area contributed by atoms with Crippen molar-refractivity contribution in [3.63, 3.8) is 0 Å². The van der Waals surface area contributed by atoms with E-state index in [1.165, 1.54) is 0 Å². The van der Waals surface area contributed by atoms with Crippen LogP contribution in [0.25, 0.3) is 33.7 Å². The van der Waals surface area contributed by atoms with Gasteiger partial charge in [-0.1, -0.05) is 49.8 Å². The quantitative estimate of drug-likeness (QED) is 0.0873. The van der Waals surface area contributed by atoms with Crippen LogP contribution in [0.2, 0.25) is 0 Å². The summed E-state index contributed by atoms with van der Waals surface area (Å²) in [7, 11) is 4.18. The molecule has 1 aromatic heterocycles. The van der Waals surface area contributed by atoms with Crippen LogP contribution in [-0.2, 0) is 17.6 Å². The van der Waals surface area contributed by atoms with Gasteiger partial charge in [0, 0.05) is 24.1 Å². The lowest BCUT2D eigenvalue weighted by molar-refractivity contribution is -0.882. The molecule has 0 aliphatic carbocycles. The summed E-state index contributed by atoms with van der Waals surface area (Å²) in [4.78, 5) is 17.1. The Labute approximate surface area is 250 Å². The van der Waals surface area contributed by atoms with Crippen molar-refractivity contribution in [1.82, 2.24) is 10.3 Å². The maximum atomic E-state index is 12.3. The first-order valence-electron chi connectivity index (χ1n) is 14.9. The van der Waals surface area contributed by atoms with Gasteiger partial charge < -0.3 is 19.0 Å². The van der Waals surface area contributed by atoms with Crippen molar-refractivity contribution in [2.24, 2.45) is 0 Å². The van der Waals surface area contributed by atoms with Crippen LogP contribution in [0.1, 0.15) is 37.3 Å². The Balaban J connectivity index is 1.51. The van der Waals surface area contributed by atoms with E-state index in [4.69, 9.17) is 14.1 Å². The van der Waals surface area contributed by atoms with Gasteiger partial charge in [-0.15, -0.1) is 13.2 Å². The van der Waals surface area contributed by atoms with Crippen LogP contribution in [-0.4, -0.2) is 55.7 Å². The minimum absolute atomic E-state index is 0.104. The Hall–Kier alpha value is -4.16. The minimum atomic E-state index is 0.104. The third kappa shape index (κ3) is 8.20. The summed E-state index contributed by atoms with van der Waals surface area (Å²) >= 11 is 0. The number of benzene rings is 3. The molecular formula is C36H44N3O3+. The van der Waals surface area contributed by atoms with Crippen LogP contribution in [0.3, 0.4) is 0 Å². The Morgan fingerprint density at radius 2 is 1.79 bits per heavy atom. The van der Waals surface area contributed by atoms with Gasteiger partial charge in [-0.2, -0.15) is 0 Å². The predicted octanol–water partition coefficient (Wildman–Crippen LogP) is 7.38. The number of nitrogens with zero attached hydrogens (tertiary/aromatic N) is 2. The van der Waals surface area contributed by atoms with Gasteiger partial charge in [-0.3, -0.25) is 4.79 Å². The lowest BCUT2D eigenvalue weighted by Gasteiger charge is -2.29. The smallest absolute Gasteiger partial charge is 0.275 e.